The van der Waals surface area contributed by atoms with Gasteiger partial charge in [-0.25, -0.2) is 8.42 Å². The molecule has 2 rings (SSSR count). The summed E-state index contributed by atoms with van der Waals surface area (Å²) in [6, 6.07) is 15.7. The maximum Gasteiger partial charge on any atom is 0.243 e. The van der Waals surface area contributed by atoms with Gasteiger partial charge in [0.25, 0.3) is 0 Å². The van der Waals surface area contributed by atoms with E-state index in [0.29, 0.717) is 18.7 Å². The Kier molecular flexibility index (Phi) is 8.00. The van der Waals surface area contributed by atoms with Crippen molar-refractivity contribution in [3.05, 3.63) is 60.2 Å². The summed E-state index contributed by atoms with van der Waals surface area (Å²) in [7, 11) is -1.96. The smallest absolute Gasteiger partial charge is 0.243 e. The molecule has 2 aromatic carbocycles. The number of hydrogen-bond acceptors (Lipinski definition) is 5. The van der Waals surface area contributed by atoms with Crippen LogP contribution in [0.1, 0.15) is 19.4 Å². The van der Waals surface area contributed by atoms with E-state index in [1.54, 1.807) is 19.2 Å². The highest BCUT2D eigenvalue weighted by Gasteiger charge is 2.30. The van der Waals surface area contributed by atoms with Crippen molar-refractivity contribution in [2.75, 3.05) is 25.9 Å². The highest BCUT2D eigenvalue weighted by atomic mass is 32.2. The fourth-order valence-electron chi connectivity index (χ4n) is 3.10. The summed E-state index contributed by atoms with van der Waals surface area (Å²) in [5, 5.41) is 13.9. The van der Waals surface area contributed by atoms with E-state index in [2.05, 4.69) is 5.32 Å². The van der Waals surface area contributed by atoms with Gasteiger partial charge in [0.2, 0.25) is 10.0 Å². The standard InChI is InChI=1S/C21H31N3O3S/c1-16(2)14-24(28(26,27)19-11-9-18(22)10-12-19)15-21(25)20(23-3)13-17-7-5-4-6-8-17/h4-12,16,20-21,23,25H,13-15,22H2,1-3H3/t20-,21+/m0/s1. The van der Waals surface area contributed by atoms with Crippen LogP contribution in [0, 0.1) is 5.92 Å². The van der Waals surface area contributed by atoms with Gasteiger partial charge >= 0.3 is 0 Å². The maximum absolute atomic E-state index is 13.1. The molecule has 0 fully saturated rings. The van der Waals surface area contributed by atoms with Crippen molar-refractivity contribution in [2.24, 2.45) is 5.92 Å². The third kappa shape index (κ3) is 6.04. The Hall–Kier alpha value is -1.93. The van der Waals surface area contributed by atoms with Crippen molar-refractivity contribution in [1.82, 2.24) is 9.62 Å². The highest BCUT2D eigenvalue weighted by Crippen LogP contribution is 2.20. The van der Waals surface area contributed by atoms with Crippen molar-refractivity contribution >= 4 is 15.7 Å². The fraction of sp³-hybridized carbons (Fsp3) is 0.429. The Balaban J connectivity index is 2.21. The van der Waals surface area contributed by atoms with Crippen LogP contribution in [0.25, 0.3) is 0 Å². The van der Waals surface area contributed by atoms with E-state index in [1.807, 2.05) is 44.2 Å². The quantitative estimate of drug-likeness (QED) is 0.526. The van der Waals surface area contributed by atoms with Crippen LogP contribution in [0.2, 0.25) is 0 Å². The van der Waals surface area contributed by atoms with Gasteiger partial charge in [0, 0.05) is 24.8 Å². The van der Waals surface area contributed by atoms with Gasteiger partial charge in [-0.2, -0.15) is 4.31 Å². The van der Waals surface area contributed by atoms with E-state index < -0.39 is 16.1 Å². The number of anilines is 1. The highest BCUT2D eigenvalue weighted by molar-refractivity contribution is 7.89. The molecule has 0 aromatic heterocycles. The number of nitrogens with zero attached hydrogens (tertiary/aromatic N) is 1. The van der Waals surface area contributed by atoms with E-state index in [9.17, 15) is 13.5 Å². The molecule has 7 heteroatoms. The van der Waals surface area contributed by atoms with Crippen molar-refractivity contribution < 1.29 is 13.5 Å². The third-order valence-electron chi connectivity index (χ3n) is 4.61. The Morgan fingerprint density at radius 3 is 2.18 bits per heavy atom. The van der Waals surface area contributed by atoms with Crippen LogP contribution in [0.15, 0.2) is 59.5 Å². The Morgan fingerprint density at radius 1 is 1.04 bits per heavy atom. The molecule has 2 aromatic rings. The first-order chi connectivity index (χ1) is 13.2. The summed E-state index contributed by atoms with van der Waals surface area (Å²) in [5.74, 6) is 0.123. The second-order valence-electron chi connectivity index (χ2n) is 7.44. The van der Waals surface area contributed by atoms with Crippen molar-refractivity contribution in [1.29, 1.82) is 0 Å². The molecule has 4 N–H and O–H groups in total. The van der Waals surface area contributed by atoms with Gasteiger partial charge in [0.05, 0.1) is 11.0 Å². The average molecular weight is 406 g/mol. The minimum atomic E-state index is -3.73. The zero-order valence-corrected chi connectivity index (χ0v) is 17.6. The Labute approximate surface area is 168 Å². The molecule has 0 saturated heterocycles. The molecule has 154 valence electrons. The number of nitrogens with one attached hydrogen (secondary N) is 1. The van der Waals surface area contributed by atoms with Gasteiger partial charge in [-0.15, -0.1) is 0 Å². The van der Waals surface area contributed by atoms with Crippen LogP contribution in [-0.4, -0.2) is 50.1 Å². The summed E-state index contributed by atoms with van der Waals surface area (Å²) in [6.45, 7) is 4.25. The lowest BCUT2D eigenvalue weighted by atomic mass is 10.0. The molecule has 0 unspecified atom stereocenters. The summed E-state index contributed by atoms with van der Waals surface area (Å²) in [5.41, 5.74) is 7.27. The predicted octanol–water partition coefficient (Wildman–Crippen LogP) is 2.11. The maximum atomic E-state index is 13.1. The molecule has 28 heavy (non-hydrogen) atoms. The van der Waals surface area contributed by atoms with E-state index in [4.69, 9.17) is 5.73 Å². The minimum Gasteiger partial charge on any atom is -0.399 e. The van der Waals surface area contributed by atoms with Crippen LogP contribution in [-0.2, 0) is 16.4 Å². The number of rotatable bonds is 10. The first kappa shape index (κ1) is 22.4. The summed E-state index contributed by atoms with van der Waals surface area (Å²) in [6.07, 6.45) is -0.247. The van der Waals surface area contributed by atoms with Gasteiger partial charge in [-0.1, -0.05) is 44.2 Å². The van der Waals surface area contributed by atoms with Crippen LogP contribution >= 0.6 is 0 Å². The molecule has 0 aliphatic carbocycles. The number of aliphatic hydroxyl groups excluding tert-OH is 1. The van der Waals surface area contributed by atoms with E-state index >= 15 is 0 Å². The molecule has 0 bridgehead atoms. The molecular weight excluding hydrogens is 374 g/mol. The summed E-state index contributed by atoms with van der Waals surface area (Å²) < 4.78 is 27.6. The molecule has 0 aliphatic heterocycles. The number of likely N-dealkylation sites (N-methyl/N-ethyl adjacent to an activating group) is 1. The van der Waals surface area contributed by atoms with E-state index in [-0.39, 0.29) is 23.4 Å². The van der Waals surface area contributed by atoms with Crippen molar-refractivity contribution in [3.63, 3.8) is 0 Å². The van der Waals surface area contributed by atoms with Crippen molar-refractivity contribution in [3.8, 4) is 0 Å². The number of benzene rings is 2. The van der Waals surface area contributed by atoms with Crippen molar-refractivity contribution in [2.45, 2.75) is 37.3 Å². The molecular formula is C21H31N3O3S. The first-order valence-corrected chi connectivity index (χ1v) is 10.9. The summed E-state index contributed by atoms with van der Waals surface area (Å²) in [4.78, 5) is 0.179. The average Bonchev–Trinajstić information content (AvgIpc) is 2.66. The zero-order chi connectivity index (χ0) is 20.7. The molecule has 0 saturated carbocycles. The lowest BCUT2D eigenvalue weighted by Gasteiger charge is -2.30. The SMILES string of the molecule is CN[C@@H](Cc1ccccc1)[C@H](O)CN(CC(C)C)S(=O)(=O)c1ccc(N)cc1. The van der Waals surface area contributed by atoms with E-state index in [0.717, 1.165) is 5.56 Å². The van der Waals surface area contributed by atoms with Gasteiger partial charge in [-0.3, -0.25) is 0 Å². The topological polar surface area (TPSA) is 95.7 Å². The monoisotopic (exact) mass is 405 g/mol. The Bertz CT molecular complexity index is 824. The normalized spacial score (nSPS) is 14.4. The van der Waals surface area contributed by atoms with Gasteiger partial charge in [0.1, 0.15) is 0 Å². The van der Waals surface area contributed by atoms with Gasteiger partial charge in [-0.05, 0) is 49.2 Å². The molecule has 0 aliphatic rings. The van der Waals surface area contributed by atoms with Gasteiger partial charge in [0.15, 0.2) is 0 Å². The third-order valence-corrected chi connectivity index (χ3v) is 6.46. The predicted molar refractivity (Wildman–Crippen MR) is 113 cm³/mol. The molecule has 2 atom stereocenters. The second kappa shape index (κ2) is 10.0. The lowest BCUT2D eigenvalue weighted by Crippen LogP contribution is -2.48. The van der Waals surface area contributed by atoms with Crippen LogP contribution in [0.5, 0.6) is 0 Å². The largest absolute Gasteiger partial charge is 0.399 e. The zero-order valence-electron chi connectivity index (χ0n) is 16.7. The number of aliphatic hydroxyl groups is 1. The van der Waals surface area contributed by atoms with Crippen LogP contribution in [0.4, 0.5) is 5.69 Å². The number of sulfonamides is 1. The van der Waals surface area contributed by atoms with Gasteiger partial charge < -0.3 is 16.2 Å². The first-order valence-electron chi connectivity index (χ1n) is 9.49. The Morgan fingerprint density at radius 2 is 1.64 bits per heavy atom. The second-order valence-corrected chi connectivity index (χ2v) is 9.38. The molecule has 0 heterocycles. The fourth-order valence-corrected chi connectivity index (χ4v) is 4.72. The number of nitrogen functional groups attached to an aromatic ring is 1. The molecule has 0 radical (unpaired) electrons. The molecule has 0 spiro atoms. The minimum absolute atomic E-state index is 0.0171. The number of hydrogen-bond donors (Lipinski definition) is 3. The van der Waals surface area contributed by atoms with Crippen LogP contribution in [0.3, 0.4) is 0 Å². The van der Waals surface area contributed by atoms with E-state index in [1.165, 1.54) is 16.4 Å². The number of nitrogens with two attached hydrogens (primary N) is 1. The lowest BCUT2D eigenvalue weighted by molar-refractivity contribution is 0.105. The molecule has 6 nitrogen and oxygen atoms in total. The van der Waals surface area contributed by atoms with Crippen LogP contribution < -0.4 is 11.1 Å². The summed E-state index contributed by atoms with van der Waals surface area (Å²) >= 11 is 0. The molecule has 0 amide bonds.